The molecule has 30 heavy (non-hydrogen) atoms. The van der Waals surface area contributed by atoms with Gasteiger partial charge in [0.15, 0.2) is 0 Å². The Morgan fingerprint density at radius 2 is 1.87 bits per heavy atom. The molecule has 0 spiro atoms. The van der Waals surface area contributed by atoms with Crippen molar-refractivity contribution in [2.24, 2.45) is 0 Å². The Labute approximate surface area is 184 Å². The highest BCUT2D eigenvalue weighted by Gasteiger charge is 2.23. The third-order valence-electron chi connectivity index (χ3n) is 5.05. The zero-order valence-electron chi connectivity index (χ0n) is 16.4. The molecule has 0 bridgehead atoms. The van der Waals surface area contributed by atoms with Gasteiger partial charge in [0.1, 0.15) is 0 Å². The topological polar surface area (TPSA) is 69.7 Å². The third kappa shape index (κ3) is 5.16. The molecule has 1 aliphatic rings. The first kappa shape index (κ1) is 21.2. The SMILES string of the molecule is O=C(c1cccc(S(=O)(=O)NCc2cccs2)c1)N1CCN(Cc2ccsc2)CC1. The highest BCUT2D eigenvalue weighted by Crippen LogP contribution is 2.17. The lowest BCUT2D eigenvalue weighted by Gasteiger charge is -2.34. The maximum Gasteiger partial charge on any atom is 0.253 e. The number of rotatable bonds is 7. The standard InChI is InChI=1S/C21H23N3O3S3/c25-21(24-9-7-23(8-10-24)15-17-6-12-28-16-17)18-3-1-5-20(13-18)30(26,27)22-14-19-4-2-11-29-19/h1-6,11-13,16,22H,7-10,14-15H2. The van der Waals surface area contributed by atoms with Crippen LogP contribution in [0.5, 0.6) is 0 Å². The van der Waals surface area contributed by atoms with Gasteiger partial charge in [0, 0.05) is 49.7 Å². The maximum absolute atomic E-state index is 12.9. The molecule has 158 valence electrons. The van der Waals surface area contributed by atoms with Gasteiger partial charge in [-0.15, -0.1) is 11.3 Å². The smallest absolute Gasteiger partial charge is 0.253 e. The van der Waals surface area contributed by atoms with Crippen LogP contribution in [-0.2, 0) is 23.1 Å². The predicted octanol–water partition coefficient (Wildman–Crippen LogP) is 3.25. The summed E-state index contributed by atoms with van der Waals surface area (Å²) in [5, 5.41) is 6.13. The number of carbonyl (C=O) groups excluding carboxylic acids is 1. The second kappa shape index (κ2) is 9.40. The van der Waals surface area contributed by atoms with Crippen molar-refractivity contribution < 1.29 is 13.2 Å². The fourth-order valence-corrected chi connectivity index (χ4v) is 5.84. The van der Waals surface area contributed by atoms with Gasteiger partial charge in [-0.1, -0.05) is 12.1 Å². The van der Waals surface area contributed by atoms with Crippen LogP contribution in [0.2, 0.25) is 0 Å². The van der Waals surface area contributed by atoms with Gasteiger partial charge in [-0.2, -0.15) is 11.3 Å². The number of carbonyl (C=O) groups is 1. The number of benzene rings is 1. The first-order valence-electron chi connectivity index (χ1n) is 9.66. The molecule has 6 nitrogen and oxygen atoms in total. The second-order valence-electron chi connectivity index (χ2n) is 7.13. The zero-order valence-corrected chi connectivity index (χ0v) is 18.8. The molecule has 9 heteroatoms. The Bertz CT molecular complexity index is 1070. The van der Waals surface area contributed by atoms with E-state index in [0.29, 0.717) is 18.7 Å². The van der Waals surface area contributed by atoms with E-state index in [2.05, 4.69) is 26.4 Å². The van der Waals surface area contributed by atoms with Gasteiger partial charge in [0.2, 0.25) is 10.0 Å². The average Bonchev–Trinajstić information content (AvgIpc) is 3.47. The molecule has 3 heterocycles. The first-order chi connectivity index (χ1) is 14.5. The van der Waals surface area contributed by atoms with Gasteiger partial charge in [-0.25, -0.2) is 13.1 Å². The van der Waals surface area contributed by atoms with Gasteiger partial charge in [-0.05, 0) is 52.0 Å². The summed E-state index contributed by atoms with van der Waals surface area (Å²) in [6.07, 6.45) is 0. The molecule has 2 aromatic heterocycles. The third-order valence-corrected chi connectivity index (χ3v) is 8.06. The molecule has 1 aromatic carbocycles. The number of nitrogens with zero attached hydrogens (tertiary/aromatic N) is 2. The van der Waals surface area contributed by atoms with Crippen molar-refractivity contribution in [3.63, 3.8) is 0 Å². The van der Waals surface area contributed by atoms with Crippen molar-refractivity contribution in [2.45, 2.75) is 18.0 Å². The van der Waals surface area contributed by atoms with E-state index in [1.807, 2.05) is 17.5 Å². The summed E-state index contributed by atoms with van der Waals surface area (Å²) in [4.78, 5) is 18.1. The van der Waals surface area contributed by atoms with Crippen molar-refractivity contribution in [1.29, 1.82) is 0 Å². The van der Waals surface area contributed by atoms with Crippen molar-refractivity contribution in [1.82, 2.24) is 14.5 Å². The summed E-state index contributed by atoms with van der Waals surface area (Å²) in [6, 6.07) is 12.2. The summed E-state index contributed by atoms with van der Waals surface area (Å²) < 4.78 is 27.9. The Hall–Kier alpha value is -2.04. The number of piperazine rings is 1. The van der Waals surface area contributed by atoms with Gasteiger partial charge in [0.05, 0.1) is 4.90 Å². The average molecular weight is 462 g/mol. The van der Waals surface area contributed by atoms with Crippen LogP contribution in [0.4, 0.5) is 0 Å². The molecular formula is C21H23N3O3S3. The van der Waals surface area contributed by atoms with E-state index in [0.717, 1.165) is 24.5 Å². The summed E-state index contributed by atoms with van der Waals surface area (Å²) in [5.41, 5.74) is 1.70. The van der Waals surface area contributed by atoms with E-state index in [4.69, 9.17) is 0 Å². The highest BCUT2D eigenvalue weighted by atomic mass is 32.2. The predicted molar refractivity (Wildman–Crippen MR) is 120 cm³/mol. The molecule has 3 aromatic rings. The van der Waals surface area contributed by atoms with Crippen molar-refractivity contribution >= 4 is 38.6 Å². The number of amides is 1. The van der Waals surface area contributed by atoms with Crippen molar-refractivity contribution in [3.8, 4) is 0 Å². The number of nitrogens with one attached hydrogen (secondary N) is 1. The van der Waals surface area contributed by atoms with Crippen LogP contribution in [0, 0.1) is 0 Å². The van der Waals surface area contributed by atoms with Gasteiger partial charge < -0.3 is 4.90 Å². The number of thiophene rings is 2. The van der Waals surface area contributed by atoms with Crippen molar-refractivity contribution in [2.75, 3.05) is 26.2 Å². The van der Waals surface area contributed by atoms with Crippen LogP contribution in [0.3, 0.4) is 0 Å². The summed E-state index contributed by atoms with van der Waals surface area (Å²) in [6.45, 7) is 4.02. The first-order valence-corrected chi connectivity index (χ1v) is 13.0. The zero-order chi connectivity index (χ0) is 21.0. The number of hydrogen-bond donors (Lipinski definition) is 1. The van der Waals surface area contributed by atoms with E-state index in [1.54, 1.807) is 28.4 Å². The van der Waals surface area contributed by atoms with E-state index < -0.39 is 10.0 Å². The van der Waals surface area contributed by atoms with E-state index in [9.17, 15) is 13.2 Å². The van der Waals surface area contributed by atoms with Gasteiger partial charge in [0.25, 0.3) is 5.91 Å². The maximum atomic E-state index is 12.9. The molecule has 0 atom stereocenters. The quantitative estimate of drug-likeness (QED) is 0.586. The second-order valence-corrected chi connectivity index (χ2v) is 10.7. The lowest BCUT2D eigenvalue weighted by Crippen LogP contribution is -2.48. The molecule has 0 aliphatic carbocycles. The molecule has 0 saturated carbocycles. The van der Waals surface area contributed by atoms with Gasteiger partial charge in [-0.3, -0.25) is 9.69 Å². The Balaban J connectivity index is 1.38. The van der Waals surface area contributed by atoms with E-state index in [1.165, 1.54) is 29.0 Å². The lowest BCUT2D eigenvalue weighted by molar-refractivity contribution is 0.0628. The number of sulfonamides is 1. The molecule has 1 N–H and O–H groups in total. The highest BCUT2D eigenvalue weighted by molar-refractivity contribution is 7.89. The monoisotopic (exact) mass is 461 g/mol. The summed E-state index contributed by atoms with van der Waals surface area (Å²) >= 11 is 3.19. The van der Waals surface area contributed by atoms with Gasteiger partial charge >= 0.3 is 0 Å². The molecule has 1 saturated heterocycles. The fraction of sp³-hybridized carbons (Fsp3) is 0.286. The van der Waals surface area contributed by atoms with Crippen LogP contribution in [-0.4, -0.2) is 50.3 Å². The van der Waals surface area contributed by atoms with Crippen LogP contribution < -0.4 is 4.72 Å². The van der Waals surface area contributed by atoms with E-state index in [-0.39, 0.29) is 17.3 Å². The van der Waals surface area contributed by atoms with Crippen molar-refractivity contribution in [3.05, 3.63) is 74.6 Å². The normalized spacial score (nSPS) is 15.4. The minimum Gasteiger partial charge on any atom is -0.336 e. The molecule has 1 amide bonds. The minimum atomic E-state index is -3.68. The summed E-state index contributed by atoms with van der Waals surface area (Å²) in [5.74, 6) is -0.125. The van der Waals surface area contributed by atoms with E-state index >= 15 is 0 Å². The number of hydrogen-bond acceptors (Lipinski definition) is 6. The molecule has 1 fully saturated rings. The molecule has 0 unspecified atom stereocenters. The Morgan fingerprint density at radius 3 is 2.57 bits per heavy atom. The fourth-order valence-electron chi connectivity index (χ4n) is 3.39. The summed E-state index contributed by atoms with van der Waals surface area (Å²) in [7, 11) is -3.68. The van der Waals surface area contributed by atoms with Crippen LogP contribution in [0.1, 0.15) is 20.8 Å². The molecule has 1 aliphatic heterocycles. The molecular weight excluding hydrogens is 438 g/mol. The molecule has 0 radical (unpaired) electrons. The Morgan fingerprint density at radius 1 is 1.03 bits per heavy atom. The lowest BCUT2D eigenvalue weighted by atomic mass is 10.1. The van der Waals surface area contributed by atoms with Crippen LogP contribution in [0.25, 0.3) is 0 Å². The molecule has 4 rings (SSSR count). The Kier molecular flexibility index (Phi) is 6.64. The van der Waals surface area contributed by atoms with Crippen LogP contribution >= 0.6 is 22.7 Å². The van der Waals surface area contributed by atoms with Crippen LogP contribution in [0.15, 0.2) is 63.5 Å². The largest absolute Gasteiger partial charge is 0.336 e. The minimum absolute atomic E-state index is 0.112.